The van der Waals surface area contributed by atoms with E-state index in [-0.39, 0.29) is 11.7 Å². The maximum absolute atomic E-state index is 11.5. The van der Waals surface area contributed by atoms with Crippen molar-refractivity contribution in [3.05, 3.63) is 28.2 Å². The standard InChI is InChI=1S/C10H19NO2.C7H6Cl2O.CH4O/c1-10(2,3)13-9(12)11-7-5-4-6-8-11;1-10-5-2-3-6(8)7(9)4-5;1-2/h4-8H2,1-3H3;2-4H,1H3;2H,1H3. The summed E-state index contributed by atoms with van der Waals surface area (Å²) in [5.74, 6) is 0.717. The van der Waals surface area contributed by atoms with Crippen molar-refractivity contribution >= 4 is 29.3 Å². The lowest BCUT2D eigenvalue weighted by Gasteiger charge is -2.29. The lowest BCUT2D eigenvalue weighted by molar-refractivity contribution is 0.0216. The van der Waals surface area contributed by atoms with E-state index in [2.05, 4.69) is 0 Å². The van der Waals surface area contributed by atoms with Crippen LogP contribution in [0.3, 0.4) is 0 Å². The number of ether oxygens (including phenoxy) is 2. The molecular formula is C18H29Cl2NO4. The number of piperidine rings is 1. The van der Waals surface area contributed by atoms with Gasteiger partial charge in [0.25, 0.3) is 0 Å². The molecule has 1 heterocycles. The average Bonchev–Trinajstić information content (AvgIpc) is 2.59. The van der Waals surface area contributed by atoms with Crippen LogP contribution in [0, 0.1) is 0 Å². The van der Waals surface area contributed by atoms with Crippen LogP contribution in [0.4, 0.5) is 4.79 Å². The number of benzene rings is 1. The predicted molar refractivity (Wildman–Crippen MR) is 103 cm³/mol. The summed E-state index contributed by atoms with van der Waals surface area (Å²) in [7, 11) is 2.58. The van der Waals surface area contributed by atoms with Gasteiger partial charge >= 0.3 is 6.09 Å². The van der Waals surface area contributed by atoms with E-state index in [1.165, 1.54) is 6.42 Å². The summed E-state index contributed by atoms with van der Waals surface area (Å²) in [5, 5.41) is 8.06. The Balaban J connectivity index is 0.000000430. The average molecular weight is 394 g/mol. The summed E-state index contributed by atoms with van der Waals surface area (Å²) in [4.78, 5) is 13.3. The van der Waals surface area contributed by atoms with Crippen LogP contribution >= 0.6 is 23.2 Å². The number of aliphatic hydroxyl groups is 1. The first-order valence-corrected chi connectivity index (χ1v) is 8.90. The van der Waals surface area contributed by atoms with Gasteiger partial charge < -0.3 is 19.5 Å². The first-order chi connectivity index (χ1) is 11.7. The van der Waals surface area contributed by atoms with E-state index in [0.717, 1.165) is 38.8 Å². The molecule has 7 heteroatoms. The number of rotatable bonds is 1. The molecule has 25 heavy (non-hydrogen) atoms. The molecule has 1 aromatic carbocycles. The van der Waals surface area contributed by atoms with Crippen LogP contribution in [-0.4, -0.2) is 49.0 Å². The monoisotopic (exact) mass is 393 g/mol. The quantitative estimate of drug-likeness (QED) is 0.727. The number of aliphatic hydroxyl groups excluding tert-OH is 1. The van der Waals surface area contributed by atoms with E-state index < -0.39 is 0 Å². The van der Waals surface area contributed by atoms with Crippen LogP contribution in [0.15, 0.2) is 18.2 Å². The fraction of sp³-hybridized carbons (Fsp3) is 0.611. The largest absolute Gasteiger partial charge is 0.497 e. The fourth-order valence-electron chi connectivity index (χ4n) is 2.01. The summed E-state index contributed by atoms with van der Waals surface area (Å²) in [6.45, 7) is 7.41. The van der Waals surface area contributed by atoms with Crippen molar-refractivity contribution in [3.8, 4) is 5.75 Å². The minimum atomic E-state index is -0.367. The van der Waals surface area contributed by atoms with Crippen molar-refractivity contribution in [1.82, 2.24) is 4.90 Å². The molecule has 1 aromatic rings. The zero-order chi connectivity index (χ0) is 19.5. The maximum Gasteiger partial charge on any atom is 0.410 e. The zero-order valence-corrected chi connectivity index (χ0v) is 17.2. The molecule has 1 fully saturated rings. The van der Waals surface area contributed by atoms with Crippen LogP contribution in [0.5, 0.6) is 5.75 Å². The van der Waals surface area contributed by atoms with Gasteiger partial charge in [0.15, 0.2) is 0 Å². The van der Waals surface area contributed by atoms with Crippen molar-refractivity contribution in [2.45, 2.75) is 45.6 Å². The van der Waals surface area contributed by atoms with Crippen molar-refractivity contribution < 1.29 is 19.4 Å². The second kappa shape index (κ2) is 12.2. The molecule has 0 unspecified atom stereocenters. The summed E-state index contributed by atoms with van der Waals surface area (Å²) >= 11 is 11.3. The Labute approximate surface area is 160 Å². The number of likely N-dealkylation sites (tertiary alicyclic amines) is 1. The number of halogens is 2. The molecule has 1 aliphatic heterocycles. The number of carbonyl (C=O) groups excluding carboxylic acids is 1. The molecule has 5 nitrogen and oxygen atoms in total. The SMILES string of the molecule is CC(C)(C)OC(=O)N1CCCCC1.CO.COc1ccc(Cl)c(Cl)c1. The highest BCUT2D eigenvalue weighted by Gasteiger charge is 2.22. The molecule has 1 aliphatic rings. The van der Waals surface area contributed by atoms with Gasteiger partial charge in [-0.15, -0.1) is 0 Å². The van der Waals surface area contributed by atoms with E-state index in [0.29, 0.717) is 10.0 Å². The molecule has 144 valence electrons. The van der Waals surface area contributed by atoms with Gasteiger partial charge in [-0.05, 0) is 52.2 Å². The van der Waals surface area contributed by atoms with Crippen LogP contribution in [0.2, 0.25) is 10.0 Å². The number of amides is 1. The highest BCUT2D eigenvalue weighted by atomic mass is 35.5. The van der Waals surface area contributed by atoms with Gasteiger partial charge in [-0.1, -0.05) is 23.2 Å². The first kappa shape index (κ1) is 23.8. The van der Waals surface area contributed by atoms with Crippen LogP contribution in [-0.2, 0) is 4.74 Å². The third-order valence-corrected chi connectivity index (χ3v) is 3.87. The summed E-state index contributed by atoms with van der Waals surface area (Å²) < 4.78 is 10.2. The second-order valence-electron chi connectivity index (χ2n) is 6.31. The summed E-state index contributed by atoms with van der Waals surface area (Å²) in [6, 6.07) is 5.13. The molecular weight excluding hydrogens is 365 g/mol. The molecule has 0 radical (unpaired) electrons. The molecule has 0 saturated carbocycles. The molecule has 0 aromatic heterocycles. The van der Waals surface area contributed by atoms with E-state index >= 15 is 0 Å². The highest BCUT2D eigenvalue weighted by Crippen LogP contribution is 2.25. The lowest BCUT2D eigenvalue weighted by atomic mass is 10.1. The van der Waals surface area contributed by atoms with Crippen molar-refractivity contribution in [1.29, 1.82) is 0 Å². The normalized spacial score (nSPS) is 13.7. The van der Waals surface area contributed by atoms with Gasteiger partial charge in [0.05, 0.1) is 17.2 Å². The zero-order valence-electron chi connectivity index (χ0n) is 15.6. The summed E-state index contributed by atoms with van der Waals surface area (Å²) in [6.07, 6.45) is 3.30. The van der Waals surface area contributed by atoms with Crippen LogP contribution in [0.1, 0.15) is 40.0 Å². The van der Waals surface area contributed by atoms with E-state index in [1.807, 2.05) is 20.8 Å². The van der Waals surface area contributed by atoms with Crippen molar-refractivity contribution in [3.63, 3.8) is 0 Å². The fourth-order valence-corrected chi connectivity index (χ4v) is 2.29. The molecule has 2 rings (SSSR count). The van der Waals surface area contributed by atoms with Crippen LogP contribution < -0.4 is 4.74 Å². The minimum absolute atomic E-state index is 0.160. The van der Waals surface area contributed by atoms with Gasteiger partial charge in [-0.2, -0.15) is 0 Å². The highest BCUT2D eigenvalue weighted by molar-refractivity contribution is 6.42. The molecule has 1 amide bonds. The Hall–Kier alpha value is -1.17. The second-order valence-corrected chi connectivity index (χ2v) is 7.12. The molecule has 0 atom stereocenters. The topological polar surface area (TPSA) is 59.0 Å². The van der Waals surface area contributed by atoms with E-state index in [1.54, 1.807) is 30.2 Å². The van der Waals surface area contributed by atoms with E-state index in [4.69, 9.17) is 37.8 Å². The minimum Gasteiger partial charge on any atom is -0.497 e. The van der Waals surface area contributed by atoms with Gasteiger partial charge in [0, 0.05) is 26.3 Å². The number of carbonyl (C=O) groups is 1. The number of nitrogens with zero attached hydrogens (tertiary/aromatic N) is 1. The van der Waals surface area contributed by atoms with Gasteiger partial charge in [0.1, 0.15) is 11.4 Å². The third kappa shape index (κ3) is 10.4. The van der Waals surface area contributed by atoms with Crippen LogP contribution in [0.25, 0.3) is 0 Å². The number of hydrogen-bond acceptors (Lipinski definition) is 4. The molecule has 0 bridgehead atoms. The van der Waals surface area contributed by atoms with Gasteiger partial charge in [-0.3, -0.25) is 0 Å². The van der Waals surface area contributed by atoms with E-state index in [9.17, 15) is 4.79 Å². The first-order valence-electron chi connectivity index (χ1n) is 8.14. The maximum atomic E-state index is 11.5. The Morgan fingerprint density at radius 1 is 1.08 bits per heavy atom. The predicted octanol–water partition coefficient (Wildman–Crippen LogP) is 5.02. The smallest absolute Gasteiger partial charge is 0.410 e. The Morgan fingerprint density at radius 3 is 2.08 bits per heavy atom. The Bertz CT molecular complexity index is 512. The van der Waals surface area contributed by atoms with Crippen molar-refractivity contribution in [2.75, 3.05) is 27.3 Å². The van der Waals surface area contributed by atoms with Crippen molar-refractivity contribution in [2.24, 2.45) is 0 Å². The van der Waals surface area contributed by atoms with Gasteiger partial charge in [-0.25, -0.2) is 4.79 Å². The Morgan fingerprint density at radius 2 is 1.64 bits per heavy atom. The van der Waals surface area contributed by atoms with Gasteiger partial charge in [0.2, 0.25) is 0 Å². The lowest BCUT2D eigenvalue weighted by Crippen LogP contribution is -2.39. The molecule has 0 aliphatic carbocycles. The number of methoxy groups -OCH3 is 1. The molecule has 0 spiro atoms. The molecule has 1 N–H and O–H groups in total. The summed E-state index contributed by atoms with van der Waals surface area (Å²) in [5.41, 5.74) is -0.367. The number of hydrogen-bond donors (Lipinski definition) is 1. The third-order valence-electron chi connectivity index (χ3n) is 3.13. The molecule has 1 saturated heterocycles. The Kier molecular flexibility index (Phi) is 11.7.